The van der Waals surface area contributed by atoms with Crippen molar-refractivity contribution in [3.05, 3.63) is 29.8 Å². The van der Waals surface area contributed by atoms with Crippen LogP contribution < -0.4 is 5.32 Å². The Bertz CT molecular complexity index is 371. The Morgan fingerprint density at radius 1 is 1.35 bits per heavy atom. The van der Waals surface area contributed by atoms with E-state index in [-0.39, 0.29) is 12.6 Å². The molecular formula is C13H19NO3. The van der Waals surface area contributed by atoms with Crippen molar-refractivity contribution in [1.29, 1.82) is 0 Å². The Hall–Kier alpha value is -1.55. The van der Waals surface area contributed by atoms with Gasteiger partial charge < -0.3 is 15.2 Å². The lowest BCUT2D eigenvalue weighted by Gasteiger charge is -2.24. The molecule has 0 aliphatic heterocycles. The summed E-state index contributed by atoms with van der Waals surface area (Å²) in [7, 11) is 1.37. The molecule has 0 aliphatic rings. The molecule has 0 radical (unpaired) electrons. The molecule has 0 aromatic heterocycles. The van der Waals surface area contributed by atoms with Gasteiger partial charge in [-0.3, -0.25) is 0 Å². The fourth-order valence-corrected chi connectivity index (χ4v) is 1.55. The summed E-state index contributed by atoms with van der Waals surface area (Å²) in [4.78, 5) is 11.5. The summed E-state index contributed by atoms with van der Waals surface area (Å²) in [5, 5.41) is 11.9. The van der Waals surface area contributed by atoms with E-state index in [0.29, 0.717) is 6.42 Å². The first kappa shape index (κ1) is 13.5. The molecule has 17 heavy (non-hydrogen) atoms. The maximum Gasteiger partial charge on any atom is 0.330 e. The zero-order valence-electron chi connectivity index (χ0n) is 10.5. The highest BCUT2D eigenvalue weighted by molar-refractivity contribution is 5.83. The van der Waals surface area contributed by atoms with Crippen LogP contribution in [0.1, 0.15) is 19.4 Å². The molecule has 2 N–H and O–H groups in total. The van der Waals surface area contributed by atoms with Crippen molar-refractivity contribution in [3.63, 3.8) is 0 Å². The lowest BCUT2D eigenvalue weighted by molar-refractivity contribution is -0.144. The van der Waals surface area contributed by atoms with Gasteiger partial charge in [0.25, 0.3) is 0 Å². The Balaban J connectivity index is 2.71. The minimum Gasteiger partial charge on any atom is -0.467 e. The van der Waals surface area contributed by atoms with Gasteiger partial charge in [-0.25, -0.2) is 4.79 Å². The molecule has 0 heterocycles. The SMILES string of the molecule is COC(=O)C(C)(C)Nc1ccc(CCO)cc1. The predicted octanol–water partition coefficient (Wildman–Crippen LogP) is 1.58. The van der Waals surface area contributed by atoms with E-state index in [0.717, 1.165) is 11.3 Å². The van der Waals surface area contributed by atoms with Crippen molar-refractivity contribution in [2.24, 2.45) is 0 Å². The standard InChI is InChI=1S/C13H19NO3/c1-13(2,12(16)17-3)14-11-6-4-10(5-7-11)8-9-15/h4-7,14-15H,8-9H2,1-3H3. The van der Waals surface area contributed by atoms with E-state index in [4.69, 9.17) is 9.84 Å². The highest BCUT2D eigenvalue weighted by Gasteiger charge is 2.28. The van der Waals surface area contributed by atoms with Gasteiger partial charge in [-0.05, 0) is 38.0 Å². The van der Waals surface area contributed by atoms with E-state index in [9.17, 15) is 4.79 Å². The molecule has 0 saturated carbocycles. The lowest BCUT2D eigenvalue weighted by Crippen LogP contribution is -2.41. The van der Waals surface area contributed by atoms with Gasteiger partial charge in [-0.2, -0.15) is 0 Å². The zero-order chi connectivity index (χ0) is 12.9. The second kappa shape index (κ2) is 5.68. The summed E-state index contributed by atoms with van der Waals surface area (Å²) in [6.45, 7) is 3.67. The van der Waals surface area contributed by atoms with Gasteiger partial charge in [0.2, 0.25) is 0 Å². The Morgan fingerprint density at radius 2 is 1.94 bits per heavy atom. The second-order valence-electron chi connectivity index (χ2n) is 4.41. The number of aliphatic hydroxyl groups excluding tert-OH is 1. The Morgan fingerprint density at radius 3 is 2.41 bits per heavy atom. The molecule has 1 rings (SSSR count). The van der Waals surface area contributed by atoms with Crippen LogP contribution in [0.3, 0.4) is 0 Å². The van der Waals surface area contributed by atoms with E-state index in [2.05, 4.69) is 5.32 Å². The van der Waals surface area contributed by atoms with Crippen molar-refractivity contribution in [3.8, 4) is 0 Å². The third-order valence-electron chi connectivity index (χ3n) is 2.51. The number of hydrogen-bond acceptors (Lipinski definition) is 4. The third kappa shape index (κ3) is 3.75. The molecule has 0 amide bonds. The van der Waals surface area contributed by atoms with Crippen molar-refractivity contribution in [1.82, 2.24) is 0 Å². The number of aliphatic hydroxyl groups is 1. The first-order chi connectivity index (χ1) is 7.99. The topological polar surface area (TPSA) is 58.6 Å². The molecule has 4 nitrogen and oxygen atoms in total. The predicted molar refractivity (Wildman–Crippen MR) is 66.9 cm³/mol. The molecule has 94 valence electrons. The summed E-state index contributed by atoms with van der Waals surface area (Å²) in [5.74, 6) is -0.308. The number of ether oxygens (including phenoxy) is 1. The van der Waals surface area contributed by atoms with E-state index >= 15 is 0 Å². The molecule has 0 saturated heterocycles. The van der Waals surface area contributed by atoms with E-state index in [1.54, 1.807) is 13.8 Å². The van der Waals surface area contributed by atoms with Crippen molar-refractivity contribution in [2.45, 2.75) is 25.8 Å². The second-order valence-corrected chi connectivity index (χ2v) is 4.41. The average Bonchev–Trinajstić information content (AvgIpc) is 2.30. The van der Waals surface area contributed by atoms with Gasteiger partial charge in [0.1, 0.15) is 5.54 Å². The molecular weight excluding hydrogens is 218 g/mol. The number of rotatable bonds is 5. The highest BCUT2D eigenvalue weighted by Crippen LogP contribution is 2.17. The number of nitrogens with one attached hydrogen (secondary N) is 1. The summed E-state index contributed by atoms with van der Waals surface area (Å²) < 4.78 is 4.72. The van der Waals surface area contributed by atoms with E-state index < -0.39 is 5.54 Å². The molecule has 0 atom stereocenters. The van der Waals surface area contributed by atoms with Crippen LogP contribution >= 0.6 is 0 Å². The number of anilines is 1. The van der Waals surface area contributed by atoms with Crippen LogP contribution in [0.5, 0.6) is 0 Å². The van der Waals surface area contributed by atoms with E-state index in [1.807, 2.05) is 24.3 Å². The minimum absolute atomic E-state index is 0.139. The van der Waals surface area contributed by atoms with Gasteiger partial charge >= 0.3 is 5.97 Å². The van der Waals surface area contributed by atoms with Crippen LogP contribution in [-0.4, -0.2) is 30.3 Å². The smallest absolute Gasteiger partial charge is 0.330 e. The molecule has 0 fully saturated rings. The number of carbonyl (C=O) groups excluding carboxylic acids is 1. The average molecular weight is 237 g/mol. The highest BCUT2D eigenvalue weighted by atomic mass is 16.5. The number of esters is 1. The van der Waals surface area contributed by atoms with Gasteiger partial charge in [0.15, 0.2) is 0 Å². The molecule has 1 aromatic carbocycles. The summed E-state index contributed by atoms with van der Waals surface area (Å²) >= 11 is 0. The van der Waals surface area contributed by atoms with Gasteiger partial charge in [0.05, 0.1) is 7.11 Å². The first-order valence-electron chi connectivity index (χ1n) is 5.56. The molecule has 0 aliphatic carbocycles. The zero-order valence-corrected chi connectivity index (χ0v) is 10.5. The van der Waals surface area contributed by atoms with Crippen LogP contribution in [0, 0.1) is 0 Å². The van der Waals surface area contributed by atoms with Gasteiger partial charge in [-0.1, -0.05) is 12.1 Å². The summed E-state index contributed by atoms with van der Waals surface area (Å²) in [5.41, 5.74) is 1.16. The van der Waals surface area contributed by atoms with Crippen LogP contribution in [0.15, 0.2) is 24.3 Å². The number of methoxy groups -OCH3 is 1. The fourth-order valence-electron chi connectivity index (χ4n) is 1.55. The minimum atomic E-state index is -0.757. The molecule has 0 spiro atoms. The lowest BCUT2D eigenvalue weighted by atomic mass is 10.0. The molecule has 0 unspecified atom stereocenters. The van der Waals surface area contributed by atoms with Crippen molar-refractivity contribution < 1.29 is 14.6 Å². The number of carbonyl (C=O) groups is 1. The maximum absolute atomic E-state index is 11.5. The quantitative estimate of drug-likeness (QED) is 0.763. The van der Waals surface area contributed by atoms with E-state index in [1.165, 1.54) is 7.11 Å². The summed E-state index contributed by atoms with van der Waals surface area (Å²) in [6, 6.07) is 7.61. The van der Waals surface area contributed by atoms with Crippen LogP contribution in [0.2, 0.25) is 0 Å². The van der Waals surface area contributed by atoms with Crippen LogP contribution in [0.25, 0.3) is 0 Å². The maximum atomic E-state index is 11.5. The molecule has 1 aromatic rings. The number of benzene rings is 1. The van der Waals surface area contributed by atoms with Crippen LogP contribution in [0.4, 0.5) is 5.69 Å². The number of hydrogen-bond donors (Lipinski definition) is 2. The third-order valence-corrected chi connectivity index (χ3v) is 2.51. The fraction of sp³-hybridized carbons (Fsp3) is 0.462. The first-order valence-corrected chi connectivity index (χ1v) is 5.56. The van der Waals surface area contributed by atoms with Crippen molar-refractivity contribution in [2.75, 3.05) is 19.0 Å². The Kier molecular flexibility index (Phi) is 4.52. The summed E-state index contributed by atoms with van der Waals surface area (Å²) in [6.07, 6.45) is 0.640. The van der Waals surface area contributed by atoms with Crippen LogP contribution in [-0.2, 0) is 16.0 Å². The largest absolute Gasteiger partial charge is 0.467 e. The normalized spacial score (nSPS) is 11.1. The molecule has 0 bridgehead atoms. The van der Waals surface area contributed by atoms with Gasteiger partial charge in [0, 0.05) is 12.3 Å². The van der Waals surface area contributed by atoms with Gasteiger partial charge in [-0.15, -0.1) is 0 Å². The molecule has 4 heteroatoms. The van der Waals surface area contributed by atoms with Crippen molar-refractivity contribution >= 4 is 11.7 Å². The Labute approximate surface area is 102 Å². The monoisotopic (exact) mass is 237 g/mol.